The summed E-state index contributed by atoms with van der Waals surface area (Å²) in [6.07, 6.45) is 0.583. The Morgan fingerprint density at radius 2 is 1.77 bits per heavy atom. The van der Waals surface area contributed by atoms with E-state index in [1.54, 1.807) is 0 Å². The number of ether oxygens (including phenoxy) is 1. The van der Waals surface area contributed by atoms with Crippen molar-refractivity contribution < 1.29 is 9.53 Å². The fourth-order valence-electron chi connectivity index (χ4n) is 2.31. The van der Waals surface area contributed by atoms with Crippen molar-refractivity contribution >= 4 is 6.09 Å². The fraction of sp³-hybridized carbons (Fsp3) is 0.611. The van der Waals surface area contributed by atoms with Crippen LogP contribution in [0.1, 0.15) is 50.8 Å². The SMILES string of the molecule is CCC(CNC(=O)OC(C)(C)C)NCc1cc(C)cc(C)c1. The van der Waals surface area contributed by atoms with Crippen LogP contribution in [0.25, 0.3) is 0 Å². The number of hydrogen-bond acceptors (Lipinski definition) is 3. The van der Waals surface area contributed by atoms with E-state index in [1.165, 1.54) is 16.7 Å². The maximum atomic E-state index is 11.7. The van der Waals surface area contributed by atoms with E-state index in [9.17, 15) is 4.79 Å². The van der Waals surface area contributed by atoms with Crippen LogP contribution in [-0.4, -0.2) is 24.3 Å². The Balaban J connectivity index is 2.43. The molecule has 0 aliphatic carbocycles. The molecule has 0 fully saturated rings. The maximum Gasteiger partial charge on any atom is 0.407 e. The second kappa shape index (κ2) is 8.18. The number of amides is 1. The van der Waals surface area contributed by atoms with Crippen molar-refractivity contribution in [2.45, 2.75) is 66.2 Å². The fourth-order valence-corrected chi connectivity index (χ4v) is 2.31. The topological polar surface area (TPSA) is 50.4 Å². The van der Waals surface area contributed by atoms with Crippen molar-refractivity contribution in [2.24, 2.45) is 0 Å². The summed E-state index contributed by atoms with van der Waals surface area (Å²) in [6, 6.07) is 6.78. The molecule has 1 aromatic carbocycles. The van der Waals surface area contributed by atoms with Crippen LogP contribution < -0.4 is 10.6 Å². The molecule has 124 valence electrons. The van der Waals surface area contributed by atoms with Crippen LogP contribution in [0.3, 0.4) is 0 Å². The van der Waals surface area contributed by atoms with Crippen LogP contribution in [0.15, 0.2) is 18.2 Å². The molecule has 1 amide bonds. The minimum absolute atomic E-state index is 0.230. The van der Waals surface area contributed by atoms with Gasteiger partial charge in [0.25, 0.3) is 0 Å². The Kier molecular flexibility index (Phi) is 6.88. The third kappa shape index (κ3) is 7.46. The van der Waals surface area contributed by atoms with Crippen molar-refractivity contribution in [3.8, 4) is 0 Å². The highest BCUT2D eigenvalue weighted by Crippen LogP contribution is 2.09. The smallest absolute Gasteiger partial charge is 0.407 e. The standard InChI is InChI=1S/C18H30N2O2/c1-7-16(12-20-17(21)22-18(4,5)6)19-11-15-9-13(2)8-14(3)10-15/h8-10,16,19H,7,11-12H2,1-6H3,(H,20,21). The molecule has 4 heteroatoms. The molecule has 0 heterocycles. The predicted molar refractivity (Wildman–Crippen MR) is 91.1 cm³/mol. The van der Waals surface area contributed by atoms with Crippen molar-refractivity contribution in [1.29, 1.82) is 0 Å². The molecule has 0 aliphatic heterocycles. The Morgan fingerprint density at radius 3 is 2.27 bits per heavy atom. The third-order valence-corrected chi connectivity index (χ3v) is 3.26. The highest BCUT2D eigenvalue weighted by molar-refractivity contribution is 5.67. The number of hydrogen-bond donors (Lipinski definition) is 2. The largest absolute Gasteiger partial charge is 0.444 e. The molecule has 0 aliphatic rings. The van der Waals surface area contributed by atoms with Gasteiger partial charge >= 0.3 is 6.09 Å². The molecule has 0 aromatic heterocycles. The Morgan fingerprint density at radius 1 is 1.18 bits per heavy atom. The van der Waals surface area contributed by atoms with Gasteiger partial charge in [-0.2, -0.15) is 0 Å². The summed E-state index contributed by atoms with van der Waals surface area (Å²) in [4.78, 5) is 11.7. The minimum Gasteiger partial charge on any atom is -0.444 e. The van der Waals surface area contributed by atoms with Crippen molar-refractivity contribution in [3.05, 3.63) is 34.9 Å². The molecule has 1 unspecified atom stereocenters. The van der Waals surface area contributed by atoms with Crippen LogP contribution >= 0.6 is 0 Å². The normalized spacial score (nSPS) is 12.8. The second-order valence-corrected chi connectivity index (χ2v) is 6.86. The lowest BCUT2D eigenvalue weighted by molar-refractivity contribution is 0.0522. The molecule has 0 saturated carbocycles. The zero-order valence-electron chi connectivity index (χ0n) is 14.7. The molecule has 1 aromatic rings. The summed E-state index contributed by atoms with van der Waals surface area (Å²) >= 11 is 0. The quantitative estimate of drug-likeness (QED) is 0.842. The molecule has 1 atom stereocenters. The summed E-state index contributed by atoms with van der Waals surface area (Å²) in [6.45, 7) is 13.3. The van der Waals surface area contributed by atoms with Gasteiger partial charge in [-0.05, 0) is 46.6 Å². The molecule has 2 N–H and O–H groups in total. The molecule has 22 heavy (non-hydrogen) atoms. The Bertz CT molecular complexity index is 472. The summed E-state index contributed by atoms with van der Waals surface area (Å²) in [5.74, 6) is 0. The van der Waals surface area contributed by atoms with E-state index in [0.29, 0.717) is 6.54 Å². The molecule has 1 rings (SSSR count). The summed E-state index contributed by atoms with van der Waals surface area (Å²) in [7, 11) is 0. The van der Waals surface area contributed by atoms with E-state index in [0.717, 1.165) is 13.0 Å². The number of nitrogens with one attached hydrogen (secondary N) is 2. The van der Waals surface area contributed by atoms with Crippen LogP contribution in [-0.2, 0) is 11.3 Å². The third-order valence-electron chi connectivity index (χ3n) is 3.26. The van der Waals surface area contributed by atoms with E-state index in [-0.39, 0.29) is 12.1 Å². The predicted octanol–water partition coefficient (Wildman–Crippen LogP) is 3.70. The van der Waals surface area contributed by atoms with Crippen LogP contribution in [0.4, 0.5) is 4.79 Å². The first-order valence-electron chi connectivity index (χ1n) is 7.97. The molecule has 0 spiro atoms. The van der Waals surface area contributed by atoms with Gasteiger partial charge < -0.3 is 15.4 Å². The number of rotatable bonds is 6. The zero-order chi connectivity index (χ0) is 16.8. The summed E-state index contributed by atoms with van der Waals surface area (Å²) in [5, 5.41) is 6.31. The first-order chi connectivity index (χ1) is 10.2. The summed E-state index contributed by atoms with van der Waals surface area (Å²) < 4.78 is 5.25. The molecule has 0 saturated heterocycles. The van der Waals surface area contributed by atoms with E-state index < -0.39 is 5.60 Å². The number of carbonyl (C=O) groups excluding carboxylic acids is 1. The van der Waals surface area contributed by atoms with Gasteiger partial charge in [0.15, 0.2) is 0 Å². The summed E-state index contributed by atoms with van der Waals surface area (Å²) in [5.41, 5.74) is 3.36. The molecule has 4 nitrogen and oxygen atoms in total. The molecular weight excluding hydrogens is 276 g/mol. The second-order valence-electron chi connectivity index (χ2n) is 6.86. The molecule has 0 bridgehead atoms. The van der Waals surface area contributed by atoms with Gasteiger partial charge in [0.1, 0.15) is 5.60 Å². The maximum absolute atomic E-state index is 11.7. The highest BCUT2D eigenvalue weighted by atomic mass is 16.6. The van der Waals surface area contributed by atoms with Gasteiger partial charge in [0.2, 0.25) is 0 Å². The average molecular weight is 306 g/mol. The van der Waals surface area contributed by atoms with Crippen LogP contribution in [0.5, 0.6) is 0 Å². The first-order valence-corrected chi connectivity index (χ1v) is 7.97. The lowest BCUT2D eigenvalue weighted by atomic mass is 10.1. The van der Waals surface area contributed by atoms with Gasteiger partial charge in [0.05, 0.1) is 0 Å². The van der Waals surface area contributed by atoms with Crippen molar-refractivity contribution in [1.82, 2.24) is 10.6 Å². The van der Waals surface area contributed by atoms with Crippen molar-refractivity contribution in [2.75, 3.05) is 6.54 Å². The average Bonchev–Trinajstić information content (AvgIpc) is 2.35. The monoisotopic (exact) mass is 306 g/mol. The Hall–Kier alpha value is -1.55. The molecule has 0 radical (unpaired) electrons. The van der Waals surface area contributed by atoms with Gasteiger partial charge in [-0.15, -0.1) is 0 Å². The first kappa shape index (κ1) is 18.5. The lowest BCUT2D eigenvalue weighted by Crippen LogP contribution is -2.42. The highest BCUT2D eigenvalue weighted by Gasteiger charge is 2.16. The van der Waals surface area contributed by atoms with Crippen molar-refractivity contribution in [3.63, 3.8) is 0 Å². The van der Waals surface area contributed by atoms with E-state index in [1.807, 2.05) is 20.8 Å². The number of aryl methyl sites for hydroxylation is 2. The van der Waals surface area contributed by atoms with Crippen LogP contribution in [0, 0.1) is 13.8 Å². The van der Waals surface area contributed by atoms with E-state index in [4.69, 9.17) is 4.74 Å². The number of alkyl carbamates (subject to hydrolysis) is 1. The van der Waals surface area contributed by atoms with Gasteiger partial charge in [-0.3, -0.25) is 0 Å². The van der Waals surface area contributed by atoms with Gasteiger partial charge in [-0.25, -0.2) is 4.79 Å². The van der Waals surface area contributed by atoms with Gasteiger partial charge in [0, 0.05) is 19.1 Å². The van der Waals surface area contributed by atoms with E-state index >= 15 is 0 Å². The number of benzene rings is 1. The number of carbonyl (C=O) groups is 1. The zero-order valence-corrected chi connectivity index (χ0v) is 14.7. The molecular formula is C18H30N2O2. The Labute approximate surface area is 134 Å². The van der Waals surface area contributed by atoms with Gasteiger partial charge in [-0.1, -0.05) is 36.2 Å². The lowest BCUT2D eigenvalue weighted by Gasteiger charge is -2.22. The van der Waals surface area contributed by atoms with E-state index in [2.05, 4.69) is 49.6 Å². The minimum atomic E-state index is -0.460. The van der Waals surface area contributed by atoms with Crippen LogP contribution in [0.2, 0.25) is 0 Å².